The predicted octanol–water partition coefficient (Wildman–Crippen LogP) is -0.841. The number of carboxylic acid groups (broad SMARTS) is 1. The van der Waals surface area contributed by atoms with E-state index in [1.165, 1.54) is 23.7 Å². The van der Waals surface area contributed by atoms with Gasteiger partial charge in [0, 0.05) is 26.9 Å². The summed E-state index contributed by atoms with van der Waals surface area (Å²) in [7, 11) is 3.02. The molecule has 114 valence electrons. The first-order chi connectivity index (χ1) is 9.88. The molecule has 1 amide bonds. The fourth-order valence-corrected chi connectivity index (χ4v) is 2.11. The Hall–Kier alpha value is -2.39. The van der Waals surface area contributed by atoms with Gasteiger partial charge in [0.1, 0.15) is 5.56 Å². The van der Waals surface area contributed by atoms with Crippen LogP contribution in [0.25, 0.3) is 0 Å². The maximum Gasteiger partial charge on any atom is 0.341 e. The van der Waals surface area contributed by atoms with Gasteiger partial charge in [-0.3, -0.25) is 14.6 Å². The fourth-order valence-electron chi connectivity index (χ4n) is 2.11. The second kappa shape index (κ2) is 5.54. The van der Waals surface area contributed by atoms with Crippen molar-refractivity contribution < 1.29 is 24.5 Å². The van der Waals surface area contributed by atoms with Crippen molar-refractivity contribution in [1.82, 2.24) is 14.6 Å². The van der Waals surface area contributed by atoms with Crippen LogP contribution in [0.1, 0.15) is 20.8 Å². The maximum absolute atomic E-state index is 12.2. The highest BCUT2D eigenvalue weighted by atomic mass is 16.5. The Morgan fingerprint density at radius 2 is 2.10 bits per heavy atom. The van der Waals surface area contributed by atoms with Crippen molar-refractivity contribution in [2.24, 2.45) is 0 Å². The number of carbonyl (C=O) groups is 2. The van der Waals surface area contributed by atoms with Crippen LogP contribution in [-0.2, 0) is 11.4 Å². The van der Waals surface area contributed by atoms with E-state index in [2.05, 4.69) is 0 Å². The normalized spacial score (nSPS) is 15.1. The molecule has 0 bridgehead atoms. The van der Waals surface area contributed by atoms with Gasteiger partial charge in [0.25, 0.3) is 5.91 Å². The first-order valence-electron chi connectivity index (χ1n) is 6.10. The molecule has 0 fully saturated rings. The van der Waals surface area contributed by atoms with E-state index in [4.69, 9.17) is 9.84 Å². The third kappa shape index (κ3) is 2.48. The van der Waals surface area contributed by atoms with Gasteiger partial charge >= 0.3 is 5.97 Å². The van der Waals surface area contributed by atoms with Crippen LogP contribution in [0.4, 0.5) is 0 Å². The van der Waals surface area contributed by atoms with Crippen molar-refractivity contribution in [1.29, 1.82) is 0 Å². The number of hydrazine groups is 1. The SMILES string of the molecule is COCCN1Cn2cc(C(=O)O)c(=O)c(O)c2C(=O)N1C. The largest absolute Gasteiger partial charge is 0.503 e. The van der Waals surface area contributed by atoms with Crippen LogP contribution in [0.5, 0.6) is 5.75 Å². The zero-order valence-electron chi connectivity index (χ0n) is 11.6. The summed E-state index contributed by atoms with van der Waals surface area (Å²) < 4.78 is 6.19. The minimum absolute atomic E-state index is 0.120. The number of ether oxygens (including phenoxy) is 1. The first kappa shape index (κ1) is 15.0. The van der Waals surface area contributed by atoms with E-state index in [-0.39, 0.29) is 12.4 Å². The first-order valence-corrected chi connectivity index (χ1v) is 6.10. The average molecular weight is 297 g/mol. The molecule has 0 aliphatic carbocycles. The average Bonchev–Trinajstić information content (AvgIpc) is 2.44. The molecule has 2 heterocycles. The Kier molecular flexibility index (Phi) is 3.96. The lowest BCUT2D eigenvalue weighted by molar-refractivity contribution is -0.0397. The van der Waals surface area contributed by atoms with Gasteiger partial charge in [0.15, 0.2) is 11.4 Å². The molecule has 2 rings (SSSR count). The van der Waals surface area contributed by atoms with E-state index in [1.807, 2.05) is 0 Å². The van der Waals surface area contributed by atoms with Crippen molar-refractivity contribution >= 4 is 11.9 Å². The van der Waals surface area contributed by atoms with E-state index < -0.39 is 28.6 Å². The topological polar surface area (TPSA) is 112 Å². The number of rotatable bonds is 4. The summed E-state index contributed by atoms with van der Waals surface area (Å²) in [6.07, 6.45) is 1.06. The van der Waals surface area contributed by atoms with E-state index in [1.54, 1.807) is 5.01 Å². The molecule has 1 aromatic rings. The van der Waals surface area contributed by atoms with Gasteiger partial charge in [0.2, 0.25) is 5.43 Å². The van der Waals surface area contributed by atoms with Gasteiger partial charge < -0.3 is 19.5 Å². The number of carboxylic acids is 1. The quantitative estimate of drug-likeness (QED) is 0.745. The number of nitrogens with zero attached hydrogens (tertiary/aromatic N) is 3. The fraction of sp³-hybridized carbons (Fsp3) is 0.417. The Labute approximate surface area is 119 Å². The molecule has 1 aromatic heterocycles. The van der Waals surface area contributed by atoms with Crippen LogP contribution in [0.3, 0.4) is 0 Å². The molecule has 1 aliphatic heterocycles. The third-order valence-electron chi connectivity index (χ3n) is 3.28. The molecule has 0 saturated carbocycles. The molecule has 9 heteroatoms. The Morgan fingerprint density at radius 3 is 2.67 bits per heavy atom. The van der Waals surface area contributed by atoms with Crippen LogP contribution in [0, 0.1) is 0 Å². The molecule has 9 nitrogen and oxygen atoms in total. The molecule has 21 heavy (non-hydrogen) atoms. The summed E-state index contributed by atoms with van der Waals surface area (Å²) in [5.74, 6) is -2.90. The molecule has 2 N–H and O–H groups in total. The zero-order chi connectivity index (χ0) is 15.7. The second-order valence-corrected chi connectivity index (χ2v) is 4.54. The predicted molar refractivity (Wildman–Crippen MR) is 70.0 cm³/mol. The number of fused-ring (bicyclic) bond motifs is 1. The van der Waals surface area contributed by atoms with Crippen LogP contribution in [-0.4, -0.2) is 64.0 Å². The molecule has 0 atom stereocenters. The van der Waals surface area contributed by atoms with Crippen molar-refractivity contribution in [2.45, 2.75) is 6.67 Å². The van der Waals surface area contributed by atoms with E-state index in [9.17, 15) is 19.5 Å². The monoisotopic (exact) mass is 297 g/mol. The van der Waals surface area contributed by atoms with Gasteiger partial charge in [0.05, 0.1) is 13.3 Å². The van der Waals surface area contributed by atoms with Crippen LogP contribution >= 0.6 is 0 Å². The van der Waals surface area contributed by atoms with Gasteiger partial charge in [-0.15, -0.1) is 0 Å². The van der Waals surface area contributed by atoms with E-state index in [0.29, 0.717) is 13.2 Å². The second-order valence-electron chi connectivity index (χ2n) is 4.54. The summed E-state index contributed by atoms with van der Waals surface area (Å²) in [5.41, 5.74) is -1.87. The number of hydrogen-bond acceptors (Lipinski definition) is 6. The third-order valence-corrected chi connectivity index (χ3v) is 3.28. The minimum Gasteiger partial charge on any atom is -0.503 e. The Balaban J connectivity index is 2.52. The lowest BCUT2D eigenvalue weighted by atomic mass is 10.2. The van der Waals surface area contributed by atoms with E-state index in [0.717, 1.165) is 6.20 Å². The molecular formula is C12H15N3O6. The standard InChI is InChI=1S/C12H15N3O6/c1-13-11(18)8-10(17)9(16)7(12(19)20)5-14(8)6-15(13)3-4-21-2/h5,17H,3-4,6H2,1-2H3,(H,19,20). The van der Waals surface area contributed by atoms with Crippen molar-refractivity contribution in [3.05, 3.63) is 27.7 Å². The highest BCUT2D eigenvalue weighted by molar-refractivity contribution is 5.96. The smallest absolute Gasteiger partial charge is 0.341 e. The Morgan fingerprint density at radius 1 is 1.43 bits per heavy atom. The molecule has 0 unspecified atom stereocenters. The van der Waals surface area contributed by atoms with Crippen molar-refractivity contribution in [3.63, 3.8) is 0 Å². The number of pyridine rings is 1. The lowest BCUT2D eigenvalue weighted by Gasteiger charge is -2.37. The summed E-state index contributed by atoms with van der Waals surface area (Å²) in [6.45, 7) is 0.882. The number of aromatic hydroxyl groups is 1. The van der Waals surface area contributed by atoms with Gasteiger partial charge in [-0.25, -0.2) is 4.79 Å². The summed E-state index contributed by atoms with van der Waals surface area (Å²) in [6, 6.07) is 0. The number of aromatic nitrogens is 1. The van der Waals surface area contributed by atoms with Gasteiger partial charge in [-0.05, 0) is 0 Å². The van der Waals surface area contributed by atoms with Crippen LogP contribution in [0.2, 0.25) is 0 Å². The van der Waals surface area contributed by atoms with Gasteiger partial charge in [-0.1, -0.05) is 0 Å². The molecule has 0 spiro atoms. The number of carbonyl (C=O) groups excluding carboxylic acids is 1. The highest BCUT2D eigenvalue weighted by Gasteiger charge is 2.32. The molecule has 0 aromatic carbocycles. The molecule has 0 radical (unpaired) electrons. The minimum atomic E-state index is -1.46. The number of aromatic carboxylic acids is 1. The zero-order valence-corrected chi connectivity index (χ0v) is 11.6. The van der Waals surface area contributed by atoms with Crippen molar-refractivity contribution in [3.8, 4) is 5.75 Å². The molecule has 1 aliphatic rings. The van der Waals surface area contributed by atoms with Crippen LogP contribution < -0.4 is 5.43 Å². The number of amides is 1. The van der Waals surface area contributed by atoms with E-state index >= 15 is 0 Å². The maximum atomic E-state index is 12.2. The lowest BCUT2D eigenvalue weighted by Crippen LogP contribution is -2.51. The Bertz CT molecular complexity index is 653. The van der Waals surface area contributed by atoms with Crippen LogP contribution in [0.15, 0.2) is 11.0 Å². The summed E-state index contributed by atoms with van der Waals surface area (Å²) in [4.78, 5) is 35.0. The molecule has 0 saturated heterocycles. The number of hydrogen-bond donors (Lipinski definition) is 2. The summed E-state index contributed by atoms with van der Waals surface area (Å²) >= 11 is 0. The highest BCUT2D eigenvalue weighted by Crippen LogP contribution is 2.21. The summed E-state index contributed by atoms with van der Waals surface area (Å²) in [5, 5.41) is 21.7. The molecular weight excluding hydrogens is 282 g/mol. The number of methoxy groups -OCH3 is 1. The van der Waals surface area contributed by atoms with Crippen molar-refractivity contribution in [2.75, 3.05) is 27.3 Å². The van der Waals surface area contributed by atoms with Gasteiger partial charge in [-0.2, -0.15) is 5.01 Å².